The maximum atomic E-state index is 12.1. The van der Waals surface area contributed by atoms with Gasteiger partial charge in [-0.15, -0.1) is 0 Å². The van der Waals surface area contributed by atoms with Crippen LogP contribution in [0.4, 0.5) is 0 Å². The molecule has 0 amide bonds. The van der Waals surface area contributed by atoms with Gasteiger partial charge < -0.3 is 9.47 Å². The van der Waals surface area contributed by atoms with Crippen LogP contribution < -0.4 is 0 Å². The van der Waals surface area contributed by atoms with Crippen LogP contribution in [0.5, 0.6) is 0 Å². The first kappa shape index (κ1) is 17.0. The minimum atomic E-state index is -0.190. The molecule has 0 spiro atoms. The highest BCUT2D eigenvalue weighted by atomic mass is 16.6. The quantitative estimate of drug-likeness (QED) is 0.659. The Morgan fingerprint density at radius 3 is 3.00 bits per heavy atom. The highest BCUT2D eigenvalue weighted by Gasteiger charge is 2.18. The van der Waals surface area contributed by atoms with Crippen LogP contribution in [0.2, 0.25) is 0 Å². The maximum absolute atomic E-state index is 12.1. The van der Waals surface area contributed by atoms with Gasteiger partial charge in [-0.2, -0.15) is 5.10 Å². The van der Waals surface area contributed by atoms with Crippen LogP contribution in [0.1, 0.15) is 36.2 Å². The van der Waals surface area contributed by atoms with Gasteiger partial charge in [0, 0.05) is 29.8 Å². The van der Waals surface area contributed by atoms with Gasteiger partial charge in [-0.05, 0) is 50.8 Å². The largest absolute Gasteiger partial charge is 0.463 e. The summed E-state index contributed by atoms with van der Waals surface area (Å²) in [6.07, 6.45) is 3.02. The number of hydrogen-bond donors (Lipinski definition) is 0. The Balaban J connectivity index is 1.50. The molecular formula is C20H23N3O3. The smallest absolute Gasteiger partial charge is 0.306 e. The number of ether oxygens (including phenoxy) is 2. The van der Waals surface area contributed by atoms with Gasteiger partial charge in [-0.1, -0.05) is 12.1 Å². The van der Waals surface area contributed by atoms with Gasteiger partial charge in [0.1, 0.15) is 6.61 Å². The molecule has 0 radical (unpaired) electrons. The first-order valence-corrected chi connectivity index (χ1v) is 9.14. The summed E-state index contributed by atoms with van der Waals surface area (Å²) in [6, 6.07) is 7.99. The average Bonchev–Trinajstić information content (AvgIpc) is 3.28. The lowest BCUT2D eigenvalue weighted by molar-refractivity contribution is -0.146. The van der Waals surface area contributed by atoms with Crippen molar-refractivity contribution in [3.8, 4) is 0 Å². The van der Waals surface area contributed by atoms with Crippen LogP contribution >= 0.6 is 0 Å². The summed E-state index contributed by atoms with van der Waals surface area (Å²) in [5.74, 6) is -0.190. The number of benzene rings is 1. The lowest BCUT2D eigenvalue weighted by Gasteiger charge is -2.12. The minimum absolute atomic E-state index is 0.0666. The SMILES string of the molecule is Cc1nc2c3ccccc3nn2c(C)c1CCC(=O)OC[C@@H]1CCCO1. The first-order valence-electron chi connectivity index (χ1n) is 9.14. The lowest BCUT2D eigenvalue weighted by atomic mass is 10.1. The van der Waals surface area contributed by atoms with Gasteiger partial charge in [-0.3, -0.25) is 4.79 Å². The molecule has 6 heteroatoms. The molecule has 0 aliphatic carbocycles. The minimum Gasteiger partial charge on any atom is -0.463 e. The molecule has 4 rings (SSSR count). The number of hydrogen-bond acceptors (Lipinski definition) is 5. The van der Waals surface area contributed by atoms with E-state index in [1.54, 1.807) is 0 Å². The number of aryl methyl sites for hydroxylation is 2. The molecule has 0 saturated carbocycles. The van der Waals surface area contributed by atoms with Crippen LogP contribution in [-0.2, 0) is 20.7 Å². The van der Waals surface area contributed by atoms with E-state index in [4.69, 9.17) is 14.5 Å². The molecule has 26 heavy (non-hydrogen) atoms. The van der Waals surface area contributed by atoms with Crippen LogP contribution in [-0.4, -0.2) is 39.9 Å². The first-order chi connectivity index (χ1) is 12.6. The average molecular weight is 353 g/mol. The third kappa shape index (κ3) is 3.17. The van der Waals surface area contributed by atoms with Crippen molar-refractivity contribution in [3.63, 3.8) is 0 Å². The fraction of sp³-hybridized carbons (Fsp3) is 0.450. The molecule has 0 unspecified atom stereocenters. The molecular weight excluding hydrogens is 330 g/mol. The molecule has 136 valence electrons. The van der Waals surface area contributed by atoms with Crippen molar-refractivity contribution in [1.29, 1.82) is 0 Å². The highest BCUT2D eigenvalue weighted by molar-refractivity contribution is 5.92. The van der Waals surface area contributed by atoms with E-state index in [1.807, 2.05) is 42.6 Å². The molecule has 3 heterocycles. The van der Waals surface area contributed by atoms with Crippen molar-refractivity contribution < 1.29 is 14.3 Å². The summed E-state index contributed by atoms with van der Waals surface area (Å²) in [6.45, 7) is 5.14. The highest BCUT2D eigenvalue weighted by Crippen LogP contribution is 2.23. The van der Waals surface area contributed by atoms with E-state index in [9.17, 15) is 4.79 Å². The second-order valence-electron chi connectivity index (χ2n) is 6.83. The van der Waals surface area contributed by atoms with E-state index in [2.05, 4.69) is 5.10 Å². The number of rotatable bonds is 5. The summed E-state index contributed by atoms with van der Waals surface area (Å²) >= 11 is 0. The van der Waals surface area contributed by atoms with E-state index in [1.165, 1.54) is 0 Å². The van der Waals surface area contributed by atoms with Crippen LogP contribution in [0.25, 0.3) is 16.6 Å². The van der Waals surface area contributed by atoms with E-state index in [0.717, 1.165) is 52.9 Å². The molecule has 0 N–H and O–H groups in total. The maximum Gasteiger partial charge on any atom is 0.306 e. The molecule has 0 bridgehead atoms. The van der Waals surface area contributed by atoms with E-state index >= 15 is 0 Å². The van der Waals surface area contributed by atoms with Crippen LogP contribution in [0.3, 0.4) is 0 Å². The zero-order valence-electron chi connectivity index (χ0n) is 15.2. The Labute approximate surface area is 152 Å². The Morgan fingerprint density at radius 1 is 1.35 bits per heavy atom. The van der Waals surface area contributed by atoms with Crippen molar-refractivity contribution in [2.24, 2.45) is 0 Å². The Morgan fingerprint density at radius 2 is 2.19 bits per heavy atom. The zero-order chi connectivity index (χ0) is 18.1. The zero-order valence-corrected chi connectivity index (χ0v) is 15.2. The number of carbonyl (C=O) groups excluding carboxylic acids is 1. The number of esters is 1. The van der Waals surface area contributed by atoms with Crippen molar-refractivity contribution in [2.45, 2.75) is 45.6 Å². The number of aromatic nitrogens is 3. The number of fused-ring (bicyclic) bond motifs is 3. The lowest BCUT2D eigenvalue weighted by Crippen LogP contribution is -2.18. The predicted molar refractivity (Wildman–Crippen MR) is 98.2 cm³/mol. The molecule has 6 nitrogen and oxygen atoms in total. The van der Waals surface area contributed by atoms with E-state index in [0.29, 0.717) is 19.4 Å². The summed E-state index contributed by atoms with van der Waals surface area (Å²) < 4.78 is 12.7. The summed E-state index contributed by atoms with van der Waals surface area (Å²) in [4.78, 5) is 16.8. The number of carbonyl (C=O) groups is 1. The van der Waals surface area contributed by atoms with Gasteiger partial charge in [0.2, 0.25) is 0 Å². The number of nitrogens with zero attached hydrogens (tertiary/aromatic N) is 3. The molecule has 1 aliphatic rings. The topological polar surface area (TPSA) is 65.7 Å². The molecule has 1 aliphatic heterocycles. The van der Waals surface area contributed by atoms with Crippen LogP contribution in [0.15, 0.2) is 24.3 Å². The molecule has 1 atom stereocenters. The van der Waals surface area contributed by atoms with Crippen molar-refractivity contribution in [2.75, 3.05) is 13.2 Å². The normalized spacial score (nSPS) is 17.2. The van der Waals surface area contributed by atoms with E-state index in [-0.39, 0.29) is 12.1 Å². The molecule has 1 fully saturated rings. The Hall–Kier alpha value is -2.47. The Bertz CT molecular complexity index is 958. The monoisotopic (exact) mass is 353 g/mol. The fourth-order valence-corrected chi connectivity index (χ4v) is 3.60. The van der Waals surface area contributed by atoms with Crippen LogP contribution in [0, 0.1) is 13.8 Å². The Kier molecular flexibility index (Phi) is 4.59. The van der Waals surface area contributed by atoms with Crippen molar-refractivity contribution in [1.82, 2.24) is 14.6 Å². The second kappa shape index (κ2) is 7.03. The van der Waals surface area contributed by atoms with Gasteiger partial charge in [-0.25, -0.2) is 9.50 Å². The molecule has 2 aromatic heterocycles. The van der Waals surface area contributed by atoms with Gasteiger partial charge in [0.05, 0.1) is 11.6 Å². The summed E-state index contributed by atoms with van der Waals surface area (Å²) in [5.41, 5.74) is 4.80. The van der Waals surface area contributed by atoms with Gasteiger partial charge >= 0.3 is 5.97 Å². The van der Waals surface area contributed by atoms with Gasteiger partial charge in [0.15, 0.2) is 5.65 Å². The second-order valence-corrected chi connectivity index (χ2v) is 6.83. The third-order valence-electron chi connectivity index (χ3n) is 5.05. The van der Waals surface area contributed by atoms with Gasteiger partial charge in [0.25, 0.3) is 0 Å². The predicted octanol–water partition coefficient (Wildman–Crippen LogP) is 3.15. The fourth-order valence-electron chi connectivity index (χ4n) is 3.60. The van der Waals surface area contributed by atoms with Crippen molar-refractivity contribution in [3.05, 3.63) is 41.2 Å². The summed E-state index contributed by atoms with van der Waals surface area (Å²) in [7, 11) is 0. The molecule has 1 saturated heterocycles. The third-order valence-corrected chi connectivity index (χ3v) is 5.05. The molecule has 3 aromatic rings. The standard InChI is InChI=1S/C20H23N3O3/c1-13-16(9-10-19(24)26-12-15-6-5-11-25-15)14(2)23-20(21-13)17-7-3-4-8-18(17)22-23/h3-4,7-8,15H,5-6,9-12H2,1-2H3/t15-/m0/s1. The van der Waals surface area contributed by atoms with E-state index < -0.39 is 0 Å². The van der Waals surface area contributed by atoms with Crippen molar-refractivity contribution >= 4 is 22.5 Å². The molecule has 1 aromatic carbocycles. The summed E-state index contributed by atoms with van der Waals surface area (Å²) in [5, 5.41) is 5.70.